The van der Waals surface area contributed by atoms with Crippen molar-refractivity contribution in [3.8, 4) is 0 Å². The normalized spacial score (nSPS) is 23.2. The molecule has 0 saturated carbocycles. The molecule has 0 aliphatic carbocycles. The second-order valence-electron chi connectivity index (χ2n) is 7.38. The molecular formula is C21H25N3O2. The van der Waals surface area contributed by atoms with Crippen molar-refractivity contribution in [2.45, 2.75) is 38.6 Å². The lowest BCUT2D eigenvalue weighted by molar-refractivity contribution is -0.140. The third-order valence-electron chi connectivity index (χ3n) is 5.71. The van der Waals surface area contributed by atoms with Gasteiger partial charge in [0.1, 0.15) is 5.69 Å². The zero-order chi connectivity index (χ0) is 18.1. The summed E-state index contributed by atoms with van der Waals surface area (Å²) in [7, 11) is 0. The standard InChI is InChI=1S/C21H25N3O2/c1-2-12-24-19-11-13-23(14-16(19)8-10-20(24)25)21(26)18-9-7-15-5-3-4-6-17(15)22-18/h3-7,9,16,19H,2,8,10-14H2,1H3/t16-,19+/m1/s1. The molecule has 2 amide bonds. The maximum absolute atomic E-state index is 13.0. The molecule has 2 saturated heterocycles. The van der Waals surface area contributed by atoms with Gasteiger partial charge in [0.25, 0.3) is 5.91 Å². The van der Waals surface area contributed by atoms with Gasteiger partial charge in [0, 0.05) is 37.5 Å². The van der Waals surface area contributed by atoms with Crippen molar-refractivity contribution >= 4 is 22.7 Å². The molecule has 2 aliphatic heterocycles. The summed E-state index contributed by atoms with van der Waals surface area (Å²) >= 11 is 0. The lowest BCUT2D eigenvalue weighted by Crippen LogP contribution is -2.57. The van der Waals surface area contributed by atoms with Crippen molar-refractivity contribution in [1.29, 1.82) is 0 Å². The number of piperidine rings is 2. The molecular weight excluding hydrogens is 326 g/mol. The molecule has 4 rings (SSSR count). The van der Waals surface area contributed by atoms with Gasteiger partial charge in [-0.2, -0.15) is 0 Å². The molecule has 3 heterocycles. The van der Waals surface area contributed by atoms with E-state index >= 15 is 0 Å². The molecule has 0 spiro atoms. The fourth-order valence-electron chi connectivity index (χ4n) is 4.41. The van der Waals surface area contributed by atoms with Crippen molar-refractivity contribution in [3.63, 3.8) is 0 Å². The number of rotatable bonds is 3. The lowest BCUT2D eigenvalue weighted by atomic mass is 9.83. The molecule has 0 bridgehead atoms. The Labute approximate surface area is 154 Å². The van der Waals surface area contributed by atoms with Crippen LogP contribution in [0.3, 0.4) is 0 Å². The fraction of sp³-hybridized carbons (Fsp3) is 0.476. The highest BCUT2D eigenvalue weighted by atomic mass is 16.2. The second kappa shape index (κ2) is 7.06. The number of benzene rings is 1. The zero-order valence-electron chi connectivity index (χ0n) is 15.2. The van der Waals surface area contributed by atoms with Gasteiger partial charge < -0.3 is 9.80 Å². The highest BCUT2D eigenvalue weighted by molar-refractivity contribution is 5.95. The van der Waals surface area contributed by atoms with Crippen LogP contribution in [0, 0.1) is 5.92 Å². The predicted molar refractivity (Wildman–Crippen MR) is 101 cm³/mol. The van der Waals surface area contributed by atoms with Crippen LogP contribution in [0.4, 0.5) is 0 Å². The first-order valence-electron chi connectivity index (χ1n) is 9.62. The first kappa shape index (κ1) is 17.0. The van der Waals surface area contributed by atoms with Crippen LogP contribution < -0.4 is 0 Å². The number of aromatic nitrogens is 1. The van der Waals surface area contributed by atoms with E-state index < -0.39 is 0 Å². The second-order valence-corrected chi connectivity index (χ2v) is 7.38. The van der Waals surface area contributed by atoms with Gasteiger partial charge in [-0.1, -0.05) is 31.2 Å². The quantitative estimate of drug-likeness (QED) is 0.854. The monoisotopic (exact) mass is 351 g/mol. The molecule has 0 N–H and O–H groups in total. The molecule has 136 valence electrons. The molecule has 26 heavy (non-hydrogen) atoms. The van der Waals surface area contributed by atoms with Crippen LogP contribution in [0.15, 0.2) is 36.4 Å². The van der Waals surface area contributed by atoms with Crippen molar-refractivity contribution < 1.29 is 9.59 Å². The number of para-hydroxylation sites is 1. The van der Waals surface area contributed by atoms with Crippen LogP contribution in [-0.4, -0.2) is 52.3 Å². The summed E-state index contributed by atoms with van der Waals surface area (Å²) in [4.78, 5) is 33.8. The molecule has 2 atom stereocenters. The summed E-state index contributed by atoms with van der Waals surface area (Å²) in [6.45, 7) is 4.37. The molecule has 0 unspecified atom stereocenters. The van der Waals surface area contributed by atoms with Crippen LogP contribution in [0.5, 0.6) is 0 Å². The van der Waals surface area contributed by atoms with E-state index in [-0.39, 0.29) is 11.8 Å². The minimum atomic E-state index is 0.00754. The summed E-state index contributed by atoms with van der Waals surface area (Å²) in [5.41, 5.74) is 1.37. The van der Waals surface area contributed by atoms with E-state index in [1.54, 1.807) is 0 Å². The molecule has 2 fully saturated rings. The van der Waals surface area contributed by atoms with E-state index in [1.165, 1.54) is 0 Å². The van der Waals surface area contributed by atoms with Gasteiger partial charge in [0.15, 0.2) is 0 Å². The Hall–Kier alpha value is -2.43. The van der Waals surface area contributed by atoms with E-state index in [1.807, 2.05) is 41.3 Å². The maximum atomic E-state index is 13.0. The lowest BCUT2D eigenvalue weighted by Gasteiger charge is -2.47. The van der Waals surface area contributed by atoms with Crippen LogP contribution in [-0.2, 0) is 4.79 Å². The molecule has 2 aromatic rings. The largest absolute Gasteiger partial charge is 0.339 e. The summed E-state index contributed by atoms with van der Waals surface area (Å²) in [6.07, 6.45) is 3.35. The van der Waals surface area contributed by atoms with Crippen molar-refractivity contribution in [1.82, 2.24) is 14.8 Å². The van der Waals surface area contributed by atoms with Gasteiger partial charge in [-0.15, -0.1) is 0 Å². The Kier molecular flexibility index (Phi) is 4.62. The molecule has 5 nitrogen and oxygen atoms in total. The SMILES string of the molecule is CCCN1C(=O)CC[C@@H]2CN(C(=O)c3ccc4ccccc4n3)CC[C@@H]21. The van der Waals surface area contributed by atoms with Crippen molar-refractivity contribution in [2.75, 3.05) is 19.6 Å². The highest BCUT2D eigenvalue weighted by Gasteiger charge is 2.40. The molecule has 1 aromatic carbocycles. The summed E-state index contributed by atoms with van der Waals surface area (Å²) in [5, 5.41) is 1.05. The van der Waals surface area contributed by atoms with E-state index in [9.17, 15) is 9.59 Å². The Bertz CT molecular complexity index is 835. The fourth-order valence-corrected chi connectivity index (χ4v) is 4.41. The van der Waals surface area contributed by atoms with Gasteiger partial charge in [-0.25, -0.2) is 4.98 Å². The van der Waals surface area contributed by atoms with E-state index in [0.29, 0.717) is 30.6 Å². The number of nitrogens with zero attached hydrogens (tertiary/aromatic N) is 3. The molecule has 5 heteroatoms. The smallest absolute Gasteiger partial charge is 0.272 e. The van der Waals surface area contributed by atoms with Gasteiger partial charge in [-0.05, 0) is 37.3 Å². The number of hydrogen-bond donors (Lipinski definition) is 0. The molecule has 0 radical (unpaired) electrons. The number of amides is 2. The van der Waals surface area contributed by atoms with Gasteiger partial charge in [0.05, 0.1) is 5.52 Å². The van der Waals surface area contributed by atoms with Crippen LogP contribution >= 0.6 is 0 Å². The molecule has 2 aliphatic rings. The minimum Gasteiger partial charge on any atom is -0.339 e. The molecule has 1 aromatic heterocycles. The summed E-state index contributed by atoms with van der Waals surface area (Å²) < 4.78 is 0. The number of carbonyl (C=O) groups is 2. The highest BCUT2D eigenvalue weighted by Crippen LogP contribution is 2.32. The van der Waals surface area contributed by atoms with Crippen LogP contribution in [0.2, 0.25) is 0 Å². The first-order chi connectivity index (χ1) is 12.7. The Morgan fingerprint density at radius 1 is 1.19 bits per heavy atom. The maximum Gasteiger partial charge on any atom is 0.272 e. The summed E-state index contributed by atoms with van der Waals surface area (Å²) in [5.74, 6) is 0.676. The van der Waals surface area contributed by atoms with Gasteiger partial charge >= 0.3 is 0 Å². The van der Waals surface area contributed by atoms with Gasteiger partial charge in [-0.3, -0.25) is 9.59 Å². The van der Waals surface area contributed by atoms with Gasteiger partial charge in [0.2, 0.25) is 5.91 Å². The third kappa shape index (κ3) is 3.06. The van der Waals surface area contributed by atoms with E-state index in [4.69, 9.17) is 0 Å². The van der Waals surface area contributed by atoms with E-state index in [2.05, 4.69) is 16.8 Å². The number of fused-ring (bicyclic) bond motifs is 2. The number of carbonyl (C=O) groups excluding carboxylic acids is 2. The predicted octanol–water partition coefficient (Wildman–Crippen LogP) is 3.10. The first-order valence-corrected chi connectivity index (χ1v) is 9.62. The number of likely N-dealkylation sites (tertiary alicyclic amines) is 2. The van der Waals surface area contributed by atoms with Crippen molar-refractivity contribution in [2.24, 2.45) is 5.92 Å². The van der Waals surface area contributed by atoms with Crippen LogP contribution in [0.25, 0.3) is 10.9 Å². The minimum absolute atomic E-state index is 0.00754. The Morgan fingerprint density at radius 2 is 2.04 bits per heavy atom. The van der Waals surface area contributed by atoms with E-state index in [0.717, 1.165) is 43.3 Å². The van der Waals surface area contributed by atoms with Crippen molar-refractivity contribution in [3.05, 3.63) is 42.1 Å². The number of hydrogen-bond acceptors (Lipinski definition) is 3. The zero-order valence-corrected chi connectivity index (χ0v) is 15.2. The Balaban J connectivity index is 1.50. The van der Waals surface area contributed by atoms with Crippen LogP contribution in [0.1, 0.15) is 43.1 Å². The average molecular weight is 351 g/mol. The third-order valence-corrected chi connectivity index (χ3v) is 5.71. The number of pyridine rings is 1. The topological polar surface area (TPSA) is 53.5 Å². The summed E-state index contributed by atoms with van der Waals surface area (Å²) in [6, 6.07) is 11.9. The average Bonchev–Trinajstić information content (AvgIpc) is 2.69. The Morgan fingerprint density at radius 3 is 2.88 bits per heavy atom.